The van der Waals surface area contributed by atoms with Crippen LogP contribution in [0.15, 0.2) is 84.9 Å². The molecule has 0 spiro atoms. The van der Waals surface area contributed by atoms with Crippen molar-refractivity contribution in [3.63, 3.8) is 0 Å². The van der Waals surface area contributed by atoms with Gasteiger partial charge in [-0.05, 0) is 66.9 Å². The van der Waals surface area contributed by atoms with E-state index in [0.29, 0.717) is 6.61 Å². The molecule has 0 aliphatic heterocycles. The summed E-state index contributed by atoms with van der Waals surface area (Å²) < 4.78 is 5.04. The summed E-state index contributed by atoms with van der Waals surface area (Å²) in [5.41, 5.74) is 5.37. The Morgan fingerprint density at radius 3 is 1.76 bits per heavy atom. The van der Waals surface area contributed by atoms with Crippen LogP contribution in [0.2, 0.25) is 0 Å². The van der Waals surface area contributed by atoms with Gasteiger partial charge >= 0.3 is 5.97 Å². The van der Waals surface area contributed by atoms with Gasteiger partial charge in [-0.25, -0.2) is 4.79 Å². The van der Waals surface area contributed by atoms with Crippen molar-refractivity contribution in [1.82, 2.24) is 0 Å². The molecular formula is C31H26O2. The fourth-order valence-electron chi connectivity index (χ4n) is 3.04. The van der Waals surface area contributed by atoms with Gasteiger partial charge < -0.3 is 4.74 Å². The van der Waals surface area contributed by atoms with Crippen molar-refractivity contribution in [3.05, 3.63) is 118 Å². The molecule has 2 heteroatoms. The highest BCUT2D eigenvalue weighted by Gasteiger charge is 2.06. The highest BCUT2D eigenvalue weighted by Crippen LogP contribution is 2.20. The number of ether oxygens (including phenoxy) is 1. The summed E-state index contributed by atoms with van der Waals surface area (Å²) in [6.07, 6.45) is 8.27. The fraction of sp³-hybridized carbons (Fsp3) is 0.129. The first kappa shape index (κ1) is 23.4. The maximum Gasteiger partial charge on any atom is 0.330 e. The molecule has 3 aromatic rings. The molecular weight excluding hydrogens is 404 g/mol. The summed E-state index contributed by atoms with van der Waals surface area (Å²) in [6, 6.07) is 23.7. The predicted octanol–water partition coefficient (Wildman–Crippen LogP) is 6.49. The van der Waals surface area contributed by atoms with E-state index >= 15 is 0 Å². The van der Waals surface area contributed by atoms with E-state index in [-0.39, 0.29) is 5.97 Å². The molecule has 0 saturated carbocycles. The summed E-state index contributed by atoms with van der Waals surface area (Å²) in [4.78, 5) is 11.9. The van der Waals surface area contributed by atoms with Gasteiger partial charge in [0.25, 0.3) is 0 Å². The quantitative estimate of drug-likeness (QED) is 0.263. The molecule has 0 heterocycles. The van der Waals surface area contributed by atoms with Crippen LogP contribution in [0.4, 0.5) is 0 Å². The Morgan fingerprint density at radius 1 is 0.758 bits per heavy atom. The molecule has 0 N–H and O–H groups in total. The minimum atomic E-state index is -0.383. The van der Waals surface area contributed by atoms with Gasteiger partial charge in [0.15, 0.2) is 0 Å². The van der Waals surface area contributed by atoms with Crippen molar-refractivity contribution in [1.29, 1.82) is 0 Å². The van der Waals surface area contributed by atoms with Crippen molar-refractivity contribution in [2.45, 2.75) is 20.3 Å². The van der Waals surface area contributed by atoms with Crippen molar-refractivity contribution in [2.75, 3.05) is 6.61 Å². The van der Waals surface area contributed by atoms with Crippen LogP contribution in [0.1, 0.15) is 53.6 Å². The first-order valence-electron chi connectivity index (χ1n) is 11.0. The summed E-state index contributed by atoms with van der Waals surface area (Å²) in [7, 11) is 0. The predicted molar refractivity (Wildman–Crippen MR) is 136 cm³/mol. The van der Waals surface area contributed by atoms with Gasteiger partial charge in [0.1, 0.15) is 0 Å². The second-order valence-corrected chi connectivity index (χ2v) is 7.15. The summed E-state index contributed by atoms with van der Waals surface area (Å²) in [5.74, 6) is 12.6. The molecule has 0 atom stereocenters. The van der Waals surface area contributed by atoms with Crippen LogP contribution in [0.3, 0.4) is 0 Å². The fourth-order valence-corrected chi connectivity index (χ4v) is 3.04. The third-order valence-corrected chi connectivity index (χ3v) is 4.67. The Hall–Kier alpha value is -4.27. The largest absolute Gasteiger partial charge is 0.463 e. The third kappa shape index (κ3) is 7.42. The maximum atomic E-state index is 11.9. The Labute approximate surface area is 196 Å². The molecule has 0 aliphatic carbocycles. The lowest BCUT2D eigenvalue weighted by molar-refractivity contribution is -0.137. The molecule has 0 unspecified atom stereocenters. The third-order valence-electron chi connectivity index (χ3n) is 4.67. The van der Waals surface area contributed by atoms with Crippen LogP contribution >= 0.6 is 0 Å². The standard InChI is InChI=1S/C31H26O2/c1-3-5-16-27-23-29(20-18-26-14-10-7-11-15-26)30(21-22-31(32)33-4-2)24-28(27)19-17-25-12-8-6-9-13-25/h5-16,21-24H,3-4H2,1-2H3/b16-5+,22-21+. The molecule has 0 aliphatic rings. The number of carbonyl (C=O) groups excluding carboxylic acids is 1. The average molecular weight is 431 g/mol. The zero-order valence-corrected chi connectivity index (χ0v) is 19.0. The van der Waals surface area contributed by atoms with Crippen LogP contribution < -0.4 is 0 Å². The normalized spacial score (nSPS) is 10.4. The van der Waals surface area contributed by atoms with E-state index in [2.05, 4.69) is 42.8 Å². The Bertz CT molecular complexity index is 1260. The Morgan fingerprint density at radius 2 is 1.27 bits per heavy atom. The number of esters is 1. The van der Waals surface area contributed by atoms with E-state index < -0.39 is 0 Å². The van der Waals surface area contributed by atoms with Crippen LogP contribution in [0.5, 0.6) is 0 Å². The number of hydrogen-bond donors (Lipinski definition) is 0. The topological polar surface area (TPSA) is 26.3 Å². The molecule has 33 heavy (non-hydrogen) atoms. The smallest absolute Gasteiger partial charge is 0.330 e. The van der Waals surface area contributed by atoms with Crippen LogP contribution in [0.25, 0.3) is 12.2 Å². The molecule has 3 aromatic carbocycles. The van der Waals surface area contributed by atoms with Gasteiger partial charge in [-0.3, -0.25) is 0 Å². The van der Waals surface area contributed by atoms with Gasteiger partial charge in [0.2, 0.25) is 0 Å². The molecule has 0 radical (unpaired) electrons. The van der Waals surface area contributed by atoms with E-state index in [1.165, 1.54) is 6.08 Å². The number of carbonyl (C=O) groups is 1. The lowest BCUT2D eigenvalue weighted by Gasteiger charge is -2.06. The lowest BCUT2D eigenvalue weighted by Crippen LogP contribution is -1.99. The van der Waals surface area contributed by atoms with E-state index in [9.17, 15) is 4.79 Å². The second kappa shape index (κ2) is 12.6. The molecule has 0 fully saturated rings. The van der Waals surface area contributed by atoms with Crippen molar-refractivity contribution < 1.29 is 9.53 Å². The van der Waals surface area contributed by atoms with E-state index in [1.807, 2.05) is 72.8 Å². The van der Waals surface area contributed by atoms with Gasteiger partial charge in [0.05, 0.1) is 6.61 Å². The summed E-state index contributed by atoms with van der Waals surface area (Å²) in [6.45, 7) is 4.21. The summed E-state index contributed by atoms with van der Waals surface area (Å²) >= 11 is 0. The van der Waals surface area contributed by atoms with Crippen LogP contribution in [0, 0.1) is 23.7 Å². The summed E-state index contributed by atoms with van der Waals surface area (Å²) in [5, 5.41) is 0. The van der Waals surface area contributed by atoms with Crippen LogP contribution in [-0.4, -0.2) is 12.6 Å². The minimum Gasteiger partial charge on any atom is -0.463 e. The molecule has 0 amide bonds. The Kier molecular flexibility index (Phi) is 8.90. The zero-order chi connectivity index (χ0) is 23.3. The van der Waals surface area contributed by atoms with E-state index in [0.717, 1.165) is 39.8 Å². The first-order chi connectivity index (χ1) is 16.2. The minimum absolute atomic E-state index is 0.332. The number of hydrogen-bond acceptors (Lipinski definition) is 2. The molecule has 2 nitrogen and oxygen atoms in total. The lowest BCUT2D eigenvalue weighted by atomic mass is 9.97. The average Bonchev–Trinajstić information content (AvgIpc) is 2.85. The van der Waals surface area contributed by atoms with E-state index in [4.69, 9.17) is 4.74 Å². The van der Waals surface area contributed by atoms with Crippen molar-refractivity contribution >= 4 is 18.1 Å². The van der Waals surface area contributed by atoms with Crippen LogP contribution in [-0.2, 0) is 9.53 Å². The van der Waals surface area contributed by atoms with Crippen molar-refractivity contribution in [2.24, 2.45) is 0 Å². The monoisotopic (exact) mass is 430 g/mol. The highest BCUT2D eigenvalue weighted by atomic mass is 16.5. The van der Waals surface area contributed by atoms with Gasteiger partial charge in [-0.1, -0.05) is 79.2 Å². The molecule has 3 rings (SSSR count). The number of allylic oxidation sites excluding steroid dienone is 1. The maximum absolute atomic E-state index is 11.9. The zero-order valence-electron chi connectivity index (χ0n) is 19.0. The van der Waals surface area contributed by atoms with Gasteiger partial charge in [-0.15, -0.1) is 0 Å². The number of benzene rings is 3. The molecule has 0 bridgehead atoms. The SMILES string of the molecule is CC/C=C/c1cc(C#Cc2ccccc2)c(/C=C/C(=O)OCC)cc1C#Cc1ccccc1. The Balaban J connectivity index is 2.12. The van der Waals surface area contributed by atoms with Gasteiger partial charge in [0, 0.05) is 28.3 Å². The molecule has 162 valence electrons. The molecule has 0 aromatic heterocycles. The number of rotatable bonds is 5. The first-order valence-corrected chi connectivity index (χ1v) is 11.0. The van der Waals surface area contributed by atoms with E-state index in [1.54, 1.807) is 13.0 Å². The second-order valence-electron chi connectivity index (χ2n) is 7.15. The molecule has 0 saturated heterocycles. The highest BCUT2D eigenvalue weighted by molar-refractivity contribution is 5.88. The van der Waals surface area contributed by atoms with Gasteiger partial charge in [-0.2, -0.15) is 0 Å². The van der Waals surface area contributed by atoms with Crippen molar-refractivity contribution in [3.8, 4) is 23.7 Å².